The van der Waals surface area contributed by atoms with Gasteiger partial charge >= 0.3 is 0 Å². The van der Waals surface area contributed by atoms with Gasteiger partial charge in [0.2, 0.25) is 0 Å². The van der Waals surface area contributed by atoms with Crippen molar-refractivity contribution in [1.29, 1.82) is 0 Å². The van der Waals surface area contributed by atoms with Crippen molar-refractivity contribution in [2.45, 2.75) is 0 Å². The van der Waals surface area contributed by atoms with Crippen LogP contribution in [0, 0.1) is 11.8 Å². The quantitative estimate of drug-likeness (QED) is 0.797. The van der Waals surface area contributed by atoms with Crippen molar-refractivity contribution in [3.8, 4) is 11.8 Å². The highest BCUT2D eigenvalue weighted by Gasteiger charge is 2.11. The molecule has 0 bridgehead atoms. The van der Waals surface area contributed by atoms with Crippen molar-refractivity contribution in [2.24, 2.45) is 5.73 Å². The molecule has 19 heavy (non-hydrogen) atoms. The van der Waals surface area contributed by atoms with Gasteiger partial charge in [0.15, 0.2) is 0 Å². The van der Waals surface area contributed by atoms with Crippen LogP contribution in [0.4, 0.5) is 5.69 Å². The molecular weight excluding hydrogens is 238 g/mol. The van der Waals surface area contributed by atoms with Crippen molar-refractivity contribution in [3.05, 3.63) is 59.9 Å². The predicted octanol–water partition coefficient (Wildman–Crippen LogP) is 1.64. The van der Waals surface area contributed by atoms with Crippen LogP contribution in [-0.2, 0) is 0 Å². The minimum Gasteiger partial charge on any atom is -0.321 e. The summed E-state index contributed by atoms with van der Waals surface area (Å²) in [4.78, 5) is 16.2. The number of amides is 1. The van der Waals surface area contributed by atoms with Gasteiger partial charge < -0.3 is 11.1 Å². The molecule has 0 atom stereocenters. The fraction of sp³-hybridized carbons (Fsp3) is 0.0667. The summed E-state index contributed by atoms with van der Waals surface area (Å²) >= 11 is 0. The smallest absolute Gasteiger partial charge is 0.275 e. The third-order valence-electron chi connectivity index (χ3n) is 2.38. The lowest BCUT2D eigenvalue weighted by molar-refractivity contribution is 0.102. The minimum atomic E-state index is -0.284. The Morgan fingerprint density at radius 3 is 2.74 bits per heavy atom. The molecule has 0 spiro atoms. The van der Waals surface area contributed by atoms with Crippen LogP contribution in [0.1, 0.15) is 16.1 Å². The summed E-state index contributed by atoms with van der Waals surface area (Å²) in [5.74, 6) is 5.28. The van der Waals surface area contributed by atoms with E-state index in [1.54, 1.807) is 18.3 Å². The molecule has 1 heterocycles. The molecule has 1 amide bonds. The van der Waals surface area contributed by atoms with E-state index in [9.17, 15) is 4.79 Å². The maximum absolute atomic E-state index is 12.1. The number of nitrogens with one attached hydrogen (secondary N) is 1. The molecule has 0 aliphatic heterocycles. The van der Waals surface area contributed by atoms with Crippen LogP contribution in [0.15, 0.2) is 48.7 Å². The molecule has 0 radical (unpaired) electrons. The van der Waals surface area contributed by atoms with E-state index < -0.39 is 0 Å². The van der Waals surface area contributed by atoms with Crippen molar-refractivity contribution in [2.75, 3.05) is 11.9 Å². The largest absolute Gasteiger partial charge is 0.321 e. The van der Waals surface area contributed by atoms with Crippen LogP contribution >= 0.6 is 0 Å². The van der Waals surface area contributed by atoms with Gasteiger partial charge in [-0.3, -0.25) is 4.79 Å². The molecule has 0 fully saturated rings. The van der Waals surface area contributed by atoms with E-state index in [1.807, 2.05) is 30.3 Å². The number of nitrogens with two attached hydrogens (primary N) is 1. The molecule has 4 heteroatoms. The van der Waals surface area contributed by atoms with Gasteiger partial charge in [-0.15, -0.1) is 0 Å². The molecular formula is C15H13N3O. The first kappa shape index (κ1) is 12.8. The summed E-state index contributed by atoms with van der Waals surface area (Å²) in [6, 6.07) is 12.7. The Morgan fingerprint density at radius 2 is 2.00 bits per heavy atom. The number of para-hydroxylation sites is 1. The first-order valence-corrected chi connectivity index (χ1v) is 5.81. The van der Waals surface area contributed by atoms with Gasteiger partial charge in [-0.25, -0.2) is 4.98 Å². The monoisotopic (exact) mass is 251 g/mol. The second-order valence-electron chi connectivity index (χ2n) is 3.73. The molecule has 3 N–H and O–H groups in total. The average Bonchev–Trinajstić information content (AvgIpc) is 2.46. The van der Waals surface area contributed by atoms with Crippen LogP contribution in [-0.4, -0.2) is 17.4 Å². The van der Waals surface area contributed by atoms with Crippen LogP contribution in [0.3, 0.4) is 0 Å². The summed E-state index contributed by atoms with van der Waals surface area (Å²) in [5, 5.41) is 2.77. The number of rotatable bonds is 2. The number of hydrogen-bond acceptors (Lipinski definition) is 3. The molecule has 1 aromatic heterocycles. The van der Waals surface area contributed by atoms with E-state index >= 15 is 0 Å². The number of aromatic nitrogens is 1. The molecule has 0 unspecified atom stereocenters. The van der Waals surface area contributed by atoms with Gasteiger partial charge in [0.05, 0.1) is 12.1 Å². The molecule has 2 rings (SSSR count). The topological polar surface area (TPSA) is 68.0 Å². The highest BCUT2D eigenvalue weighted by atomic mass is 16.1. The van der Waals surface area contributed by atoms with Crippen molar-refractivity contribution in [3.63, 3.8) is 0 Å². The number of carbonyl (C=O) groups is 1. The van der Waals surface area contributed by atoms with Crippen LogP contribution < -0.4 is 11.1 Å². The zero-order chi connectivity index (χ0) is 13.5. The maximum Gasteiger partial charge on any atom is 0.275 e. The lowest BCUT2D eigenvalue weighted by Crippen LogP contribution is -2.15. The lowest BCUT2D eigenvalue weighted by atomic mass is 10.2. The van der Waals surface area contributed by atoms with Crippen molar-refractivity contribution in [1.82, 2.24) is 4.98 Å². The third-order valence-corrected chi connectivity index (χ3v) is 2.38. The summed E-state index contributed by atoms with van der Waals surface area (Å²) in [7, 11) is 0. The van der Waals surface area contributed by atoms with Gasteiger partial charge in [-0.1, -0.05) is 30.0 Å². The summed E-state index contributed by atoms with van der Waals surface area (Å²) in [6.45, 7) is 0.245. The number of nitrogens with zero attached hydrogens (tertiary/aromatic N) is 1. The van der Waals surface area contributed by atoms with Crippen molar-refractivity contribution < 1.29 is 4.79 Å². The highest BCUT2D eigenvalue weighted by Crippen LogP contribution is 2.09. The Hall–Kier alpha value is -2.64. The first-order valence-electron chi connectivity index (χ1n) is 5.81. The van der Waals surface area contributed by atoms with E-state index in [1.165, 1.54) is 0 Å². The van der Waals surface area contributed by atoms with E-state index in [0.29, 0.717) is 11.3 Å². The first-order chi connectivity index (χ1) is 9.31. The highest BCUT2D eigenvalue weighted by molar-refractivity contribution is 6.04. The second-order valence-corrected chi connectivity index (χ2v) is 3.73. The molecule has 0 aliphatic rings. The Labute approximate surface area is 111 Å². The summed E-state index contributed by atoms with van der Waals surface area (Å²) in [6.07, 6.45) is 1.56. The normalized spacial score (nSPS) is 9.32. The zero-order valence-electron chi connectivity index (χ0n) is 10.3. The zero-order valence-corrected chi connectivity index (χ0v) is 10.3. The van der Waals surface area contributed by atoms with E-state index in [4.69, 9.17) is 5.73 Å². The Balaban J connectivity index is 2.24. The summed E-state index contributed by atoms with van der Waals surface area (Å²) < 4.78 is 0. The molecule has 0 aliphatic carbocycles. The molecule has 1 aromatic carbocycles. The average molecular weight is 251 g/mol. The number of benzene rings is 1. The van der Waals surface area contributed by atoms with E-state index in [0.717, 1.165) is 5.69 Å². The fourth-order valence-corrected chi connectivity index (χ4v) is 1.55. The molecule has 0 saturated carbocycles. The lowest BCUT2D eigenvalue weighted by Gasteiger charge is -2.05. The Bertz CT molecular complexity index is 627. The van der Waals surface area contributed by atoms with Crippen LogP contribution in [0.5, 0.6) is 0 Å². The van der Waals surface area contributed by atoms with Gasteiger partial charge in [0, 0.05) is 11.9 Å². The number of carbonyl (C=O) groups excluding carboxylic acids is 1. The standard InChI is InChI=1S/C15H13N3O/c16-10-4-6-12-7-5-11-17-14(12)15(19)18-13-8-2-1-3-9-13/h1-3,5,7-9,11H,10,16H2,(H,18,19). The Kier molecular flexibility index (Phi) is 4.27. The minimum absolute atomic E-state index is 0.245. The predicted molar refractivity (Wildman–Crippen MR) is 74.6 cm³/mol. The fourth-order valence-electron chi connectivity index (χ4n) is 1.55. The third kappa shape index (κ3) is 3.41. The van der Waals surface area contributed by atoms with E-state index in [2.05, 4.69) is 22.1 Å². The van der Waals surface area contributed by atoms with E-state index in [-0.39, 0.29) is 12.5 Å². The molecule has 4 nitrogen and oxygen atoms in total. The summed E-state index contributed by atoms with van der Waals surface area (Å²) in [5.41, 5.74) is 6.92. The van der Waals surface area contributed by atoms with Crippen molar-refractivity contribution >= 4 is 11.6 Å². The molecule has 0 saturated heterocycles. The van der Waals surface area contributed by atoms with Gasteiger partial charge in [-0.2, -0.15) is 0 Å². The number of pyridine rings is 1. The maximum atomic E-state index is 12.1. The number of hydrogen-bond donors (Lipinski definition) is 2. The Morgan fingerprint density at radius 1 is 1.21 bits per heavy atom. The molecule has 2 aromatic rings. The SMILES string of the molecule is NCC#Cc1cccnc1C(=O)Nc1ccccc1. The molecule has 94 valence electrons. The van der Waals surface area contributed by atoms with Gasteiger partial charge in [0.25, 0.3) is 5.91 Å². The van der Waals surface area contributed by atoms with Crippen LogP contribution in [0.25, 0.3) is 0 Å². The van der Waals surface area contributed by atoms with Gasteiger partial charge in [-0.05, 0) is 24.3 Å². The second kappa shape index (κ2) is 6.34. The number of anilines is 1. The van der Waals surface area contributed by atoms with Crippen LogP contribution in [0.2, 0.25) is 0 Å². The van der Waals surface area contributed by atoms with Gasteiger partial charge in [0.1, 0.15) is 5.69 Å².